The Bertz CT molecular complexity index is 832. The van der Waals surface area contributed by atoms with Crippen molar-refractivity contribution in [1.82, 2.24) is 4.90 Å². The lowest BCUT2D eigenvalue weighted by molar-refractivity contribution is -0.144. The van der Waals surface area contributed by atoms with Crippen molar-refractivity contribution in [3.8, 4) is 0 Å². The van der Waals surface area contributed by atoms with Crippen LogP contribution in [0.2, 0.25) is 0 Å². The largest absolute Gasteiger partial charge is 0.459 e. The first-order valence-corrected chi connectivity index (χ1v) is 9.66. The van der Waals surface area contributed by atoms with Gasteiger partial charge in [-0.15, -0.1) is 0 Å². The number of carbonyl (C=O) groups excluding carboxylic acids is 1. The van der Waals surface area contributed by atoms with E-state index in [9.17, 15) is 4.79 Å². The van der Waals surface area contributed by atoms with E-state index in [2.05, 4.69) is 11.9 Å². The molecule has 2 bridgehead atoms. The number of piperidine rings is 1. The number of benzene rings is 2. The lowest BCUT2D eigenvalue weighted by Crippen LogP contribution is -2.43. The van der Waals surface area contributed by atoms with Crippen LogP contribution in [0.15, 0.2) is 54.6 Å². The second-order valence-corrected chi connectivity index (χ2v) is 7.64. The zero-order valence-electron chi connectivity index (χ0n) is 15.7. The van der Waals surface area contributed by atoms with Crippen molar-refractivity contribution in [1.29, 1.82) is 0 Å². The normalized spacial score (nSPS) is 25.4. The highest BCUT2D eigenvalue weighted by molar-refractivity contribution is 6.21. The summed E-state index contributed by atoms with van der Waals surface area (Å²) in [4.78, 5) is 15.5. The Kier molecular flexibility index (Phi) is 4.99. The van der Waals surface area contributed by atoms with Crippen LogP contribution in [0, 0.1) is 0 Å². The maximum atomic E-state index is 13.1. The van der Waals surface area contributed by atoms with E-state index >= 15 is 0 Å². The summed E-state index contributed by atoms with van der Waals surface area (Å²) in [5.41, 5.74) is 8.90. The number of rotatable bonds is 4. The molecular weight excluding hydrogens is 336 g/mol. The van der Waals surface area contributed by atoms with Gasteiger partial charge < -0.3 is 15.4 Å². The molecule has 0 aromatic heterocycles. The molecule has 2 saturated heterocycles. The number of nitrogens with zero attached hydrogens (tertiary/aromatic N) is 1. The number of carbonyl (C=O) groups is 1. The van der Waals surface area contributed by atoms with Crippen LogP contribution >= 0.6 is 0 Å². The molecule has 0 aliphatic carbocycles. The molecule has 140 valence electrons. The molecule has 2 aliphatic heterocycles. The molecule has 4 heteroatoms. The summed E-state index contributed by atoms with van der Waals surface area (Å²) in [6.45, 7) is 0. The summed E-state index contributed by atoms with van der Waals surface area (Å²) in [7, 11) is 2.19. The third kappa shape index (κ3) is 3.91. The molecule has 2 heterocycles. The minimum atomic E-state index is -0.265. The molecule has 2 aromatic carbocycles. The van der Waals surface area contributed by atoms with Crippen molar-refractivity contribution in [2.24, 2.45) is 0 Å². The Labute approximate surface area is 160 Å². The Hall–Kier alpha value is -2.59. The number of anilines is 1. The highest BCUT2D eigenvalue weighted by Crippen LogP contribution is 2.36. The molecule has 4 rings (SSSR count). The van der Waals surface area contributed by atoms with E-state index in [4.69, 9.17) is 10.5 Å². The van der Waals surface area contributed by atoms with Crippen LogP contribution in [0.3, 0.4) is 0 Å². The maximum absolute atomic E-state index is 13.1. The Balaban J connectivity index is 1.59. The highest BCUT2D eigenvalue weighted by Gasteiger charge is 2.40. The predicted molar refractivity (Wildman–Crippen MR) is 109 cm³/mol. The molecule has 0 radical (unpaired) electrons. The first kappa shape index (κ1) is 17.8. The van der Waals surface area contributed by atoms with Crippen molar-refractivity contribution in [2.75, 3.05) is 12.8 Å². The molecule has 2 aromatic rings. The van der Waals surface area contributed by atoms with Gasteiger partial charge in [-0.25, -0.2) is 4.79 Å². The smallest absolute Gasteiger partial charge is 0.339 e. The standard InChI is InChI=1S/C23H26N2O2/c1-25-19-10-11-20(25)15-21(14-19)27-23(26)22(12-16-6-3-2-4-7-16)17-8-5-9-18(24)13-17/h2-9,12-13,19-21H,10-11,14-15,24H2,1H3/b22-12+/t19-,20+,21?. The third-order valence-electron chi connectivity index (χ3n) is 5.86. The van der Waals surface area contributed by atoms with Crippen molar-refractivity contribution in [3.05, 3.63) is 65.7 Å². The molecule has 0 saturated carbocycles. The molecule has 1 unspecified atom stereocenters. The van der Waals surface area contributed by atoms with Gasteiger partial charge in [0.2, 0.25) is 0 Å². The fraction of sp³-hybridized carbons (Fsp3) is 0.348. The van der Waals surface area contributed by atoms with E-state index in [-0.39, 0.29) is 12.1 Å². The van der Waals surface area contributed by atoms with Gasteiger partial charge in [0, 0.05) is 30.6 Å². The first-order chi connectivity index (χ1) is 13.1. The summed E-state index contributed by atoms with van der Waals surface area (Å²) in [5, 5.41) is 0. The SMILES string of the molecule is CN1[C@@H]2CC[C@H]1CC(OC(=O)/C(=C/c1ccccc1)c1cccc(N)c1)C2. The van der Waals surface area contributed by atoms with Gasteiger partial charge in [0.15, 0.2) is 0 Å². The minimum Gasteiger partial charge on any atom is -0.459 e. The van der Waals surface area contributed by atoms with Crippen LogP contribution in [0.25, 0.3) is 11.6 Å². The van der Waals surface area contributed by atoms with Crippen molar-refractivity contribution in [3.63, 3.8) is 0 Å². The van der Waals surface area contributed by atoms with Gasteiger partial charge in [-0.2, -0.15) is 0 Å². The molecule has 4 nitrogen and oxygen atoms in total. The van der Waals surface area contributed by atoms with Crippen LogP contribution in [0.1, 0.15) is 36.8 Å². The number of nitrogens with two attached hydrogens (primary N) is 1. The van der Waals surface area contributed by atoms with Crippen molar-refractivity contribution >= 4 is 23.3 Å². The molecular formula is C23H26N2O2. The van der Waals surface area contributed by atoms with Crippen LogP contribution in [-0.4, -0.2) is 36.1 Å². The Morgan fingerprint density at radius 2 is 1.78 bits per heavy atom. The van der Waals surface area contributed by atoms with Gasteiger partial charge >= 0.3 is 5.97 Å². The molecule has 27 heavy (non-hydrogen) atoms. The average Bonchev–Trinajstić information content (AvgIpc) is 2.88. The fourth-order valence-corrected chi connectivity index (χ4v) is 4.35. The van der Waals surface area contributed by atoms with Crippen molar-refractivity contribution < 1.29 is 9.53 Å². The summed E-state index contributed by atoms with van der Waals surface area (Å²) >= 11 is 0. The monoisotopic (exact) mass is 362 g/mol. The van der Waals surface area contributed by atoms with Gasteiger partial charge in [0.1, 0.15) is 6.10 Å². The topological polar surface area (TPSA) is 55.6 Å². The van der Waals surface area contributed by atoms with Gasteiger partial charge in [-0.1, -0.05) is 42.5 Å². The van der Waals surface area contributed by atoms with Crippen LogP contribution in [-0.2, 0) is 9.53 Å². The zero-order chi connectivity index (χ0) is 18.8. The van der Waals surface area contributed by atoms with E-state index in [1.807, 2.05) is 60.7 Å². The van der Waals surface area contributed by atoms with Crippen LogP contribution in [0.5, 0.6) is 0 Å². The summed E-state index contributed by atoms with van der Waals surface area (Å²) < 4.78 is 5.97. The van der Waals surface area contributed by atoms with Crippen LogP contribution < -0.4 is 5.73 Å². The number of hydrogen-bond acceptors (Lipinski definition) is 4. The minimum absolute atomic E-state index is 0.00793. The molecule has 3 atom stereocenters. The summed E-state index contributed by atoms with van der Waals surface area (Å²) in [5.74, 6) is -0.265. The number of esters is 1. The number of nitrogen functional groups attached to an aromatic ring is 1. The van der Waals surface area contributed by atoms with Gasteiger partial charge in [-0.3, -0.25) is 0 Å². The average molecular weight is 362 g/mol. The molecule has 2 N–H and O–H groups in total. The predicted octanol–water partition coefficient (Wildman–Crippen LogP) is 3.98. The fourth-order valence-electron chi connectivity index (χ4n) is 4.35. The quantitative estimate of drug-likeness (QED) is 0.387. The molecule has 2 fully saturated rings. The summed E-state index contributed by atoms with van der Waals surface area (Å²) in [6, 6.07) is 18.3. The van der Waals surface area contributed by atoms with Gasteiger partial charge in [-0.05, 0) is 49.2 Å². The van der Waals surface area contributed by atoms with E-state index in [0.717, 1.165) is 24.0 Å². The molecule has 2 aliphatic rings. The van der Waals surface area contributed by atoms with Crippen molar-refractivity contribution in [2.45, 2.75) is 43.9 Å². The number of fused-ring (bicyclic) bond motifs is 2. The third-order valence-corrected chi connectivity index (χ3v) is 5.86. The highest BCUT2D eigenvalue weighted by atomic mass is 16.5. The lowest BCUT2D eigenvalue weighted by Gasteiger charge is -2.35. The summed E-state index contributed by atoms with van der Waals surface area (Å²) in [6.07, 6.45) is 6.14. The molecule has 0 amide bonds. The van der Waals surface area contributed by atoms with E-state index in [0.29, 0.717) is 23.3 Å². The Morgan fingerprint density at radius 3 is 2.44 bits per heavy atom. The van der Waals surface area contributed by atoms with Crippen LogP contribution in [0.4, 0.5) is 5.69 Å². The zero-order valence-corrected chi connectivity index (χ0v) is 15.7. The maximum Gasteiger partial charge on any atom is 0.339 e. The van der Waals surface area contributed by atoms with E-state index in [1.165, 1.54) is 12.8 Å². The van der Waals surface area contributed by atoms with E-state index in [1.54, 1.807) is 0 Å². The first-order valence-electron chi connectivity index (χ1n) is 9.66. The number of ether oxygens (including phenoxy) is 1. The Morgan fingerprint density at radius 1 is 1.07 bits per heavy atom. The van der Waals surface area contributed by atoms with Gasteiger partial charge in [0.05, 0.1) is 5.57 Å². The number of hydrogen-bond donors (Lipinski definition) is 1. The lowest BCUT2D eigenvalue weighted by atomic mass is 9.99. The second kappa shape index (κ2) is 7.57. The molecule has 0 spiro atoms. The van der Waals surface area contributed by atoms with E-state index < -0.39 is 0 Å². The van der Waals surface area contributed by atoms with Gasteiger partial charge in [0.25, 0.3) is 0 Å². The second-order valence-electron chi connectivity index (χ2n) is 7.64.